The van der Waals surface area contributed by atoms with Crippen LogP contribution in [0.5, 0.6) is 0 Å². The summed E-state index contributed by atoms with van der Waals surface area (Å²) in [7, 11) is 0. The quantitative estimate of drug-likeness (QED) is 0.705. The third kappa shape index (κ3) is 1.12. The zero-order valence-corrected chi connectivity index (χ0v) is 7.95. The Bertz CT molecular complexity index is 396. The van der Waals surface area contributed by atoms with E-state index in [1.807, 2.05) is 17.5 Å². The van der Waals surface area contributed by atoms with Gasteiger partial charge in [-0.3, -0.25) is 0 Å². The fourth-order valence-corrected chi connectivity index (χ4v) is 2.00. The van der Waals surface area contributed by atoms with Gasteiger partial charge in [0.15, 0.2) is 0 Å². The first kappa shape index (κ1) is 7.06. The number of hydrogen-bond acceptors (Lipinski definition) is 3. The molecule has 2 heterocycles. The molecule has 0 aliphatic carbocycles. The molecule has 0 saturated carbocycles. The molecule has 0 saturated heterocycles. The highest BCUT2D eigenvalue weighted by Gasteiger charge is 2.01. The third-order valence-electron chi connectivity index (χ3n) is 1.41. The van der Waals surface area contributed by atoms with Crippen LogP contribution in [0.4, 0.5) is 5.69 Å². The summed E-state index contributed by atoms with van der Waals surface area (Å²) >= 11 is 4.90. The molecule has 2 aromatic heterocycles. The summed E-state index contributed by atoms with van der Waals surface area (Å²) in [5.41, 5.74) is 7.32. The van der Waals surface area contributed by atoms with Crippen molar-refractivity contribution in [2.45, 2.75) is 0 Å². The molecule has 0 amide bonds. The van der Waals surface area contributed by atoms with Crippen molar-refractivity contribution in [1.29, 1.82) is 0 Å². The van der Waals surface area contributed by atoms with Gasteiger partial charge in [-0.1, -0.05) is 0 Å². The van der Waals surface area contributed by atoms with E-state index in [-0.39, 0.29) is 0 Å². The molecule has 0 aliphatic heterocycles. The van der Waals surface area contributed by atoms with E-state index in [1.165, 1.54) is 0 Å². The third-order valence-corrected chi connectivity index (χ3v) is 2.81. The minimum absolute atomic E-state index is 0.756. The maximum atomic E-state index is 5.67. The van der Waals surface area contributed by atoms with Gasteiger partial charge in [-0.2, -0.15) is 0 Å². The number of fused-ring (bicyclic) bond motifs is 1. The summed E-state index contributed by atoms with van der Waals surface area (Å²) in [6.45, 7) is 0. The summed E-state index contributed by atoms with van der Waals surface area (Å²) in [6, 6.07) is 3.92. The minimum Gasteiger partial charge on any atom is -0.396 e. The molecule has 2 nitrogen and oxygen atoms in total. The number of thiophene rings is 1. The van der Waals surface area contributed by atoms with Crippen LogP contribution in [0.2, 0.25) is 0 Å². The van der Waals surface area contributed by atoms with Crippen molar-refractivity contribution in [1.82, 2.24) is 4.98 Å². The Morgan fingerprint density at radius 2 is 2.27 bits per heavy atom. The Hall–Kier alpha value is -0.610. The topological polar surface area (TPSA) is 38.9 Å². The summed E-state index contributed by atoms with van der Waals surface area (Å²) in [5.74, 6) is 0. The molecule has 0 fully saturated rings. The second-order valence-corrected chi connectivity index (χ2v) is 3.90. The fraction of sp³-hybridized carbons (Fsp3) is 0. The van der Waals surface area contributed by atoms with Crippen LogP contribution in [0.25, 0.3) is 10.2 Å². The summed E-state index contributed by atoms with van der Waals surface area (Å²) < 4.78 is 1.96. The van der Waals surface area contributed by atoms with Crippen LogP contribution < -0.4 is 5.73 Å². The Labute approximate surface area is 76.2 Å². The van der Waals surface area contributed by atoms with E-state index in [0.717, 1.165) is 20.5 Å². The standard InChI is InChI=1S/C7H5BrN2S/c8-6-2-1-5-7(10-6)4(9)3-11-5/h1-3H,9H2. The average Bonchev–Trinajstić information content (AvgIpc) is 2.33. The lowest BCUT2D eigenvalue weighted by Gasteiger charge is -1.90. The van der Waals surface area contributed by atoms with Gasteiger partial charge in [-0.15, -0.1) is 11.3 Å². The summed E-state index contributed by atoms with van der Waals surface area (Å²) in [6.07, 6.45) is 0. The van der Waals surface area contributed by atoms with Gasteiger partial charge in [-0.05, 0) is 28.1 Å². The molecule has 0 aliphatic rings. The number of halogens is 1. The van der Waals surface area contributed by atoms with E-state index in [0.29, 0.717) is 0 Å². The van der Waals surface area contributed by atoms with E-state index in [9.17, 15) is 0 Å². The molecule has 2 aromatic rings. The van der Waals surface area contributed by atoms with Crippen molar-refractivity contribution < 1.29 is 0 Å². The Kier molecular flexibility index (Phi) is 1.58. The van der Waals surface area contributed by atoms with E-state index >= 15 is 0 Å². The number of rotatable bonds is 0. The lowest BCUT2D eigenvalue weighted by atomic mass is 10.4. The highest BCUT2D eigenvalue weighted by atomic mass is 79.9. The molecular weight excluding hydrogens is 224 g/mol. The maximum absolute atomic E-state index is 5.67. The second-order valence-electron chi connectivity index (χ2n) is 2.17. The zero-order chi connectivity index (χ0) is 7.84. The van der Waals surface area contributed by atoms with Crippen molar-refractivity contribution >= 4 is 43.2 Å². The first-order valence-electron chi connectivity index (χ1n) is 3.06. The second kappa shape index (κ2) is 2.46. The molecule has 0 unspecified atom stereocenters. The van der Waals surface area contributed by atoms with Crippen LogP contribution in [-0.4, -0.2) is 4.98 Å². The largest absolute Gasteiger partial charge is 0.396 e. The van der Waals surface area contributed by atoms with Crippen molar-refractivity contribution in [3.05, 3.63) is 22.1 Å². The van der Waals surface area contributed by atoms with Crippen molar-refractivity contribution in [2.75, 3.05) is 5.73 Å². The van der Waals surface area contributed by atoms with Gasteiger partial charge in [-0.25, -0.2) is 4.98 Å². The van der Waals surface area contributed by atoms with Crippen molar-refractivity contribution in [3.63, 3.8) is 0 Å². The molecule has 0 atom stereocenters. The summed E-state index contributed by atoms with van der Waals surface area (Å²) in [5, 5.41) is 1.91. The van der Waals surface area contributed by atoms with Crippen LogP contribution >= 0.6 is 27.3 Å². The van der Waals surface area contributed by atoms with E-state index in [4.69, 9.17) is 5.73 Å². The monoisotopic (exact) mass is 228 g/mol. The molecule has 0 spiro atoms. The molecule has 0 radical (unpaired) electrons. The van der Waals surface area contributed by atoms with Gasteiger partial charge >= 0.3 is 0 Å². The molecule has 56 valence electrons. The predicted molar refractivity (Wildman–Crippen MR) is 51.7 cm³/mol. The highest BCUT2D eigenvalue weighted by molar-refractivity contribution is 9.10. The average molecular weight is 229 g/mol. The van der Waals surface area contributed by atoms with Crippen LogP contribution in [0.3, 0.4) is 0 Å². The molecule has 0 aromatic carbocycles. The molecule has 2 N–H and O–H groups in total. The lowest BCUT2D eigenvalue weighted by Crippen LogP contribution is -1.83. The van der Waals surface area contributed by atoms with Crippen LogP contribution in [0, 0.1) is 0 Å². The SMILES string of the molecule is Nc1csc2ccc(Br)nc12. The number of hydrogen-bond donors (Lipinski definition) is 1. The summed E-state index contributed by atoms with van der Waals surface area (Å²) in [4.78, 5) is 4.24. The van der Waals surface area contributed by atoms with Crippen LogP contribution in [0.15, 0.2) is 22.1 Å². The van der Waals surface area contributed by atoms with Gasteiger partial charge < -0.3 is 5.73 Å². The highest BCUT2D eigenvalue weighted by Crippen LogP contribution is 2.27. The first-order chi connectivity index (χ1) is 5.27. The predicted octanol–water partition coefficient (Wildman–Crippen LogP) is 2.64. The maximum Gasteiger partial charge on any atom is 0.106 e. The number of anilines is 1. The fourth-order valence-electron chi connectivity index (χ4n) is 0.907. The van der Waals surface area contributed by atoms with Gasteiger partial charge in [0.1, 0.15) is 10.1 Å². The van der Waals surface area contributed by atoms with Crippen LogP contribution in [0.1, 0.15) is 0 Å². The molecule has 0 bridgehead atoms. The van der Waals surface area contributed by atoms with Gasteiger partial charge in [0.05, 0.1) is 10.4 Å². The normalized spacial score (nSPS) is 10.6. The van der Waals surface area contributed by atoms with E-state index < -0.39 is 0 Å². The van der Waals surface area contributed by atoms with Crippen LogP contribution in [-0.2, 0) is 0 Å². The van der Waals surface area contributed by atoms with Crippen molar-refractivity contribution in [3.8, 4) is 0 Å². The lowest BCUT2D eigenvalue weighted by molar-refractivity contribution is 1.37. The van der Waals surface area contributed by atoms with Gasteiger partial charge in [0.25, 0.3) is 0 Å². The Balaban J connectivity index is 2.87. The van der Waals surface area contributed by atoms with Crippen molar-refractivity contribution in [2.24, 2.45) is 0 Å². The Morgan fingerprint density at radius 1 is 1.45 bits per heavy atom. The Morgan fingerprint density at radius 3 is 3.09 bits per heavy atom. The van der Waals surface area contributed by atoms with Gasteiger partial charge in [0.2, 0.25) is 0 Å². The smallest absolute Gasteiger partial charge is 0.106 e. The number of nitrogens with zero attached hydrogens (tertiary/aromatic N) is 1. The van der Waals surface area contributed by atoms with E-state index in [1.54, 1.807) is 11.3 Å². The van der Waals surface area contributed by atoms with E-state index in [2.05, 4.69) is 20.9 Å². The zero-order valence-electron chi connectivity index (χ0n) is 5.54. The first-order valence-corrected chi connectivity index (χ1v) is 4.74. The number of nitrogen functional groups attached to an aromatic ring is 1. The number of nitrogens with two attached hydrogens (primary N) is 1. The number of aromatic nitrogens is 1. The molecule has 2 rings (SSSR count). The minimum atomic E-state index is 0.756. The molecule has 4 heteroatoms. The van der Waals surface area contributed by atoms with Gasteiger partial charge in [0, 0.05) is 5.38 Å². The molecule has 11 heavy (non-hydrogen) atoms. The number of pyridine rings is 1. The molecular formula is C7H5BrN2S.